The lowest BCUT2D eigenvalue weighted by molar-refractivity contribution is -0.919. The first-order valence-corrected chi connectivity index (χ1v) is 9.09. The Balaban J connectivity index is 1.48. The van der Waals surface area contributed by atoms with E-state index in [9.17, 15) is 9.90 Å². The van der Waals surface area contributed by atoms with Crippen LogP contribution in [0.15, 0.2) is 54.6 Å². The predicted octanol–water partition coefficient (Wildman–Crippen LogP) is 2.06. The zero-order valence-electron chi connectivity index (χ0n) is 14.7. The van der Waals surface area contributed by atoms with Crippen LogP contribution in [0.2, 0.25) is 0 Å². The number of hydrogen-bond donors (Lipinski definition) is 3. The Morgan fingerprint density at radius 1 is 1.12 bits per heavy atom. The van der Waals surface area contributed by atoms with Crippen molar-refractivity contribution < 1.29 is 14.8 Å². The molecule has 0 saturated carbocycles. The second-order valence-electron chi connectivity index (χ2n) is 6.97. The second-order valence-corrected chi connectivity index (χ2v) is 6.97. The minimum absolute atomic E-state index is 0.0420. The highest BCUT2D eigenvalue weighted by atomic mass is 16.3. The molecule has 2 aromatic carbocycles. The number of nitrogens with one attached hydrogen (secondary N) is 2. The smallest absolute Gasteiger partial charge is 0.224 e. The van der Waals surface area contributed by atoms with Crippen LogP contribution in [0.25, 0.3) is 0 Å². The molecule has 3 N–H and O–H groups in total. The third-order valence-electron chi connectivity index (χ3n) is 5.15. The number of amides is 1. The SMILES string of the molecule is C[C@H](NC(=O)C1CC[NH+](Cc2ccccc2O)CC1)c1ccccc1. The molecule has 3 rings (SSSR count). The molecule has 0 aromatic heterocycles. The Morgan fingerprint density at radius 3 is 2.44 bits per heavy atom. The van der Waals surface area contributed by atoms with Crippen LogP contribution in [0.4, 0.5) is 0 Å². The molecule has 0 unspecified atom stereocenters. The molecular weight excluding hydrogens is 312 g/mol. The van der Waals surface area contributed by atoms with Gasteiger partial charge in [-0.3, -0.25) is 4.79 Å². The number of carbonyl (C=O) groups excluding carboxylic acids is 1. The van der Waals surface area contributed by atoms with Crippen LogP contribution in [-0.2, 0) is 11.3 Å². The summed E-state index contributed by atoms with van der Waals surface area (Å²) in [5.74, 6) is 0.629. The standard InChI is InChI=1S/C21H26N2O2/c1-16(17-7-3-2-4-8-17)22-21(25)18-11-13-23(14-12-18)15-19-9-5-6-10-20(19)24/h2-10,16,18,24H,11-15H2,1H3,(H,22,25)/p+1/t16-/m0/s1. The molecule has 0 bridgehead atoms. The van der Waals surface area contributed by atoms with Crippen LogP contribution >= 0.6 is 0 Å². The molecule has 1 amide bonds. The fourth-order valence-corrected chi connectivity index (χ4v) is 3.55. The Morgan fingerprint density at radius 2 is 1.76 bits per heavy atom. The molecule has 25 heavy (non-hydrogen) atoms. The number of likely N-dealkylation sites (tertiary alicyclic amines) is 1. The third kappa shape index (κ3) is 4.60. The van der Waals surface area contributed by atoms with Crippen molar-refractivity contribution in [3.05, 3.63) is 65.7 Å². The van der Waals surface area contributed by atoms with E-state index in [1.165, 1.54) is 4.90 Å². The van der Waals surface area contributed by atoms with E-state index in [-0.39, 0.29) is 17.9 Å². The molecule has 4 heteroatoms. The number of quaternary nitrogens is 1. The van der Waals surface area contributed by atoms with Crippen molar-refractivity contribution in [2.45, 2.75) is 32.4 Å². The number of hydrogen-bond acceptors (Lipinski definition) is 2. The Labute approximate surface area is 149 Å². The van der Waals surface area contributed by atoms with Gasteiger partial charge in [-0.1, -0.05) is 42.5 Å². The molecule has 1 aliphatic heterocycles. The highest BCUT2D eigenvalue weighted by Crippen LogP contribution is 2.17. The van der Waals surface area contributed by atoms with Crippen molar-refractivity contribution in [1.82, 2.24) is 5.32 Å². The lowest BCUT2D eigenvalue weighted by Crippen LogP contribution is -3.11. The van der Waals surface area contributed by atoms with Crippen LogP contribution in [0.5, 0.6) is 5.75 Å². The number of phenolic OH excluding ortho intramolecular Hbond substituents is 1. The van der Waals surface area contributed by atoms with Crippen molar-refractivity contribution >= 4 is 5.91 Å². The maximum absolute atomic E-state index is 12.5. The van der Waals surface area contributed by atoms with Crippen molar-refractivity contribution in [3.63, 3.8) is 0 Å². The summed E-state index contributed by atoms with van der Waals surface area (Å²) in [7, 11) is 0. The van der Waals surface area contributed by atoms with Gasteiger partial charge in [-0.05, 0) is 24.6 Å². The van der Waals surface area contributed by atoms with E-state index in [0.717, 1.165) is 43.6 Å². The lowest BCUT2D eigenvalue weighted by Gasteiger charge is -2.29. The van der Waals surface area contributed by atoms with E-state index in [0.29, 0.717) is 5.75 Å². The summed E-state index contributed by atoms with van der Waals surface area (Å²) in [5.41, 5.74) is 2.12. The number of rotatable bonds is 5. The van der Waals surface area contributed by atoms with Crippen molar-refractivity contribution in [2.24, 2.45) is 5.92 Å². The monoisotopic (exact) mass is 339 g/mol. The fraction of sp³-hybridized carbons (Fsp3) is 0.381. The molecule has 2 aromatic rings. The van der Waals surface area contributed by atoms with Crippen molar-refractivity contribution in [3.8, 4) is 5.75 Å². The van der Waals surface area contributed by atoms with Gasteiger partial charge < -0.3 is 15.3 Å². The predicted molar refractivity (Wildman–Crippen MR) is 98.2 cm³/mol. The van der Waals surface area contributed by atoms with Gasteiger partial charge in [0.15, 0.2) is 0 Å². The highest BCUT2D eigenvalue weighted by Gasteiger charge is 2.28. The first-order chi connectivity index (χ1) is 12.1. The largest absolute Gasteiger partial charge is 0.507 e. The van der Waals surface area contributed by atoms with Gasteiger partial charge in [0.1, 0.15) is 12.3 Å². The number of para-hydroxylation sites is 1. The van der Waals surface area contributed by atoms with E-state index in [4.69, 9.17) is 0 Å². The van der Waals surface area contributed by atoms with Gasteiger partial charge in [0.05, 0.1) is 19.1 Å². The quantitative estimate of drug-likeness (QED) is 0.781. The van der Waals surface area contributed by atoms with Gasteiger partial charge >= 0.3 is 0 Å². The van der Waals surface area contributed by atoms with E-state index in [1.54, 1.807) is 6.07 Å². The molecule has 1 atom stereocenters. The number of piperidine rings is 1. The average molecular weight is 339 g/mol. The van der Waals surface area contributed by atoms with Crippen molar-refractivity contribution in [2.75, 3.05) is 13.1 Å². The maximum atomic E-state index is 12.5. The topological polar surface area (TPSA) is 53.8 Å². The molecule has 0 radical (unpaired) electrons. The molecule has 132 valence electrons. The van der Waals surface area contributed by atoms with Gasteiger partial charge in [-0.15, -0.1) is 0 Å². The highest BCUT2D eigenvalue weighted by molar-refractivity contribution is 5.79. The van der Waals surface area contributed by atoms with E-state index >= 15 is 0 Å². The van der Waals surface area contributed by atoms with Gasteiger partial charge in [0, 0.05) is 24.3 Å². The first kappa shape index (κ1) is 17.5. The van der Waals surface area contributed by atoms with Gasteiger partial charge in [0.25, 0.3) is 0 Å². The minimum Gasteiger partial charge on any atom is -0.507 e. The van der Waals surface area contributed by atoms with Crippen LogP contribution in [0, 0.1) is 5.92 Å². The van der Waals surface area contributed by atoms with E-state index in [1.807, 2.05) is 55.5 Å². The summed E-state index contributed by atoms with van der Waals surface area (Å²) >= 11 is 0. The Kier molecular flexibility index (Phi) is 5.71. The normalized spacial score (nSPS) is 21.5. The Bertz CT molecular complexity index is 694. The second kappa shape index (κ2) is 8.17. The third-order valence-corrected chi connectivity index (χ3v) is 5.15. The summed E-state index contributed by atoms with van der Waals surface area (Å²) in [6, 6.07) is 17.6. The van der Waals surface area contributed by atoms with Gasteiger partial charge in [-0.25, -0.2) is 0 Å². The average Bonchev–Trinajstić information content (AvgIpc) is 2.65. The summed E-state index contributed by atoms with van der Waals surface area (Å²) in [4.78, 5) is 14.0. The molecule has 1 aliphatic rings. The summed E-state index contributed by atoms with van der Waals surface area (Å²) in [6.45, 7) is 4.78. The molecule has 0 spiro atoms. The van der Waals surface area contributed by atoms with E-state index < -0.39 is 0 Å². The number of benzene rings is 2. The van der Waals surface area contributed by atoms with Crippen LogP contribution in [-0.4, -0.2) is 24.1 Å². The van der Waals surface area contributed by atoms with Gasteiger partial charge in [-0.2, -0.15) is 0 Å². The lowest BCUT2D eigenvalue weighted by atomic mass is 9.94. The first-order valence-electron chi connectivity index (χ1n) is 9.09. The number of aromatic hydroxyl groups is 1. The molecule has 1 heterocycles. The van der Waals surface area contributed by atoms with Crippen molar-refractivity contribution in [1.29, 1.82) is 0 Å². The summed E-state index contributed by atoms with van der Waals surface area (Å²) in [6.07, 6.45) is 1.80. The van der Waals surface area contributed by atoms with Crippen LogP contribution < -0.4 is 10.2 Å². The molecular formula is C21H27N2O2+. The zero-order chi connectivity index (χ0) is 17.6. The minimum atomic E-state index is 0.0420. The maximum Gasteiger partial charge on any atom is 0.224 e. The van der Waals surface area contributed by atoms with Crippen LogP contribution in [0.3, 0.4) is 0 Å². The summed E-state index contributed by atoms with van der Waals surface area (Å²) < 4.78 is 0. The van der Waals surface area contributed by atoms with Gasteiger partial charge in [0.2, 0.25) is 5.91 Å². The fourth-order valence-electron chi connectivity index (χ4n) is 3.55. The number of phenols is 1. The summed E-state index contributed by atoms with van der Waals surface area (Å²) in [5, 5.41) is 13.1. The molecule has 1 saturated heterocycles. The molecule has 1 fully saturated rings. The van der Waals surface area contributed by atoms with E-state index in [2.05, 4.69) is 5.32 Å². The molecule has 4 nitrogen and oxygen atoms in total. The number of carbonyl (C=O) groups is 1. The zero-order valence-corrected chi connectivity index (χ0v) is 14.7. The molecule has 0 aliphatic carbocycles. The Hall–Kier alpha value is -2.33. The van der Waals surface area contributed by atoms with Crippen LogP contribution in [0.1, 0.15) is 36.9 Å².